The predicted molar refractivity (Wildman–Crippen MR) is 78.4 cm³/mol. The van der Waals surface area contributed by atoms with Crippen LogP contribution in [0, 0.1) is 6.92 Å². The highest BCUT2D eigenvalue weighted by Crippen LogP contribution is 2.30. The number of hydrogen-bond donors (Lipinski definition) is 3. The molecule has 3 rings (SSSR count). The van der Waals surface area contributed by atoms with E-state index in [0.29, 0.717) is 18.5 Å². The molecule has 6 heteroatoms. The molecule has 0 radical (unpaired) electrons. The van der Waals surface area contributed by atoms with Crippen molar-refractivity contribution in [2.75, 3.05) is 13.1 Å². The quantitative estimate of drug-likeness (QED) is 0.650. The topological polar surface area (TPSA) is 90.2 Å². The predicted octanol–water partition coefficient (Wildman–Crippen LogP) is -0.309. The van der Waals surface area contributed by atoms with Gasteiger partial charge >= 0.3 is 5.97 Å². The van der Waals surface area contributed by atoms with Crippen LogP contribution in [0.5, 0.6) is 0 Å². The van der Waals surface area contributed by atoms with Gasteiger partial charge in [-0.2, -0.15) is 0 Å². The molecule has 6 nitrogen and oxygen atoms in total. The summed E-state index contributed by atoms with van der Waals surface area (Å²) < 4.78 is 5.32. The van der Waals surface area contributed by atoms with Gasteiger partial charge in [0, 0.05) is 13.1 Å². The number of benzene rings is 1. The molecule has 3 unspecified atom stereocenters. The lowest BCUT2D eigenvalue weighted by atomic mass is 9.92. The summed E-state index contributed by atoms with van der Waals surface area (Å²) in [5, 5.41) is 30.5. The van der Waals surface area contributed by atoms with Gasteiger partial charge in [0.1, 0.15) is 12.2 Å². The van der Waals surface area contributed by atoms with Crippen LogP contribution in [0.25, 0.3) is 0 Å². The highest BCUT2D eigenvalue weighted by atomic mass is 16.6. The van der Waals surface area contributed by atoms with Crippen LogP contribution in [0.3, 0.4) is 0 Å². The molecular weight excluding hydrogens is 286 g/mol. The van der Waals surface area contributed by atoms with Crippen LogP contribution < -0.4 is 0 Å². The number of fused-ring (bicyclic) bond motifs is 1. The van der Waals surface area contributed by atoms with Crippen molar-refractivity contribution in [3.05, 3.63) is 35.4 Å². The molecule has 2 saturated heterocycles. The summed E-state index contributed by atoms with van der Waals surface area (Å²) in [7, 11) is 0. The number of rotatable bonds is 2. The standard InChI is InChI=1S/C16H21NO5/c1-9-2-4-10(5-3-9)16(21)22-15-12(19)8-17-7-6-11(18)13(17)14(15)20/h2-5,11-15,18-20H,6-8H2,1H3/t11?,12-,13?,14+,15?/m0/s1. The minimum atomic E-state index is -1.10. The molecular formula is C16H21NO5. The number of hydrogen-bond acceptors (Lipinski definition) is 6. The first-order chi connectivity index (χ1) is 10.5. The first kappa shape index (κ1) is 15.4. The van der Waals surface area contributed by atoms with E-state index in [-0.39, 0.29) is 6.54 Å². The van der Waals surface area contributed by atoms with Crippen molar-refractivity contribution in [3.8, 4) is 0 Å². The summed E-state index contributed by atoms with van der Waals surface area (Å²) in [4.78, 5) is 14.0. The Morgan fingerprint density at radius 2 is 1.86 bits per heavy atom. The molecule has 120 valence electrons. The number of aryl methyl sites for hydroxylation is 1. The molecule has 1 aromatic rings. The van der Waals surface area contributed by atoms with Crippen LogP contribution in [0.4, 0.5) is 0 Å². The van der Waals surface area contributed by atoms with E-state index in [2.05, 4.69) is 0 Å². The van der Waals surface area contributed by atoms with Crippen molar-refractivity contribution in [3.63, 3.8) is 0 Å². The van der Waals surface area contributed by atoms with E-state index < -0.39 is 36.4 Å². The summed E-state index contributed by atoms with van der Waals surface area (Å²) in [6, 6.07) is 6.41. The molecule has 2 heterocycles. The molecule has 0 aliphatic carbocycles. The zero-order valence-electron chi connectivity index (χ0n) is 12.4. The maximum atomic E-state index is 12.2. The van der Waals surface area contributed by atoms with Gasteiger partial charge in [0.25, 0.3) is 0 Å². The summed E-state index contributed by atoms with van der Waals surface area (Å²) in [6.07, 6.45) is -3.21. The molecule has 0 spiro atoms. The minimum absolute atomic E-state index is 0.282. The fourth-order valence-electron chi connectivity index (χ4n) is 3.31. The van der Waals surface area contributed by atoms with Crippen LogP contribution >= 0.6 is 0 Å². The van der Waals surface area contributed by atoms with Gasteiger partial charge in [-0.3, -0.25) is 4.90 Å². The van der Waals surface area contributed by atoms with Gasteiger partial charge in [0.05, 0.1) is 17.7 Å². The molecule has 3 N–H and O–H groups in total. The number of carbonyl (C=O) groups is 1. The van der Waals surface area contributed by atoms with E-state index in [4.69, 9.17) is 4.74 Å². The lowest BCUT2D eigenvalue weighted by molar-refractivity contribution is -0.144. The number of carbonyl (C=O) groups excluding carboxylic acids is 1. The van der Waals surface area contributed by atoms with Crippen molar-refractivity contribution >= 4 is 5.97 Å². The first-order valence-corrected chi connectivity index (χ1v) is 7.53. The molecule has 2 aliphatic rings. The molecule has 5 atom stereocenters. The van der Waals surface area contributed by atoms with Crippen LogP contribution in [0.1, 0.15) is 22.3 Å². The van der Waals surface area contributed by atoms with Gasteiger partial charge in [-0.25, -0.2) is 4.79 Å². The number of ether oxygens (including phenoxy) is 1. The highest BCUT2D eigenvalue weighted by Gasteiger charge is 2.49. The number of esters is 1. The zero-order chi connectivity index (χ0) is 15.9. The number of nitrogens with zero attached hydrogens (tertiary/aromatic N) is 1. The Hall–Kier alpha value is -1.47. The van der Waals surface area contributed by atoms with E-state index in [1.807, 2.05) is 11.8 Å². The Morgan fingerprint density at radius 3 is 2.55 bits per heavy atom. The zero-order valence-corrected chi connectivity index (χ0v) is 12.4. The molecule has 0 bridgehead atoms. The van der Waals surface area contributed by atoms with Gasteiger partial charge in [-0.1, -0.05) is 17.7 Å². The maximum Gasteiger partial charge on any atom is 0.338 e. The molecule has 0 amide bonds. The van der Waals surface area contributed by atoms with Crippen LogP contribution in [-0.2, 0) is 4.74 Å². The fourth-order valence-corrected chi connectivity index (χ4v) is 3.31. The van der Waals surface area contributed by atoms with Crippen molar-refractivity contribution in [2.24, 2.45) is 0 Å². The second kappa shape index (κ2) is 5.96. The summed E-state index contributed by atoms with van der Waals surface area (Å²) >= 11 is 0. The molecule has 22 heavy (non-hydrogen) atoms. The molecule has 0 saturated carbocycles. The van der Waals surface area contributed by atoms with Gasteiger partial charge < -0.3 is 20.1 Å². The Kier molecular flexibility index (Phi) is 4.18. The van der Waals surface area contributed by atoms with Gasteiger partial charge in [0.2, 0.25) is 0 Å². The van der Waals surface area contributed by atoms with E-state index in [1.54, 1.807) is 24.3 Å². The van der Waals surface area contributed by atoms with E-state index in [0.717, 1.165) is 5.56 Å². The summed E-state index contributed by atoms with van der Waals surface area (Å²) in [6.45, 7) is 2.82. The van der Waals surface area contributed by atoms with Crippen molar-refractivity contribution in [1.82, 2.24) is 4.90 Å². The van der Waals surface area contributed by atoms with Crippen molar-refractivity contribution < 1.29 is 24.9 Å². The minimum Gasteiger partial charge on any atom is -0.453 e. The average Bonchev–Trinajstić information content (AvgIpc) is 2.85. The second-order valence-electron chi connectivity index (χ2n) is 6.14. The maximum absolute atomic E-state index is 12.2. The van der Waals surface area contributed by atoms with Crippen molar-refractivity contribution in [1.29, 1.82) is 0 Å². The Labute approximate surface area is 128 Å². The van der Waals surface area contributed by atoms with Crippen LogP contribution in [0.15, 0.2) is 24.3 Å². The third-order valence-electron chi connectivity index (χ3n) is 4.55. The van der Waals surface area contributed by atoms with Gasteiger partial charge in [0.15, 0.2) is 6.10 Å². The van der Waals surface area contributed by atoms with Crippen molar-refractivity contribution in [2.45, 2.75) is 43.8 Å². The highest BCUT2D eigenvalue weighted by molar-refractivity contribution is 5.89. The molecule has 0 aromatic heterocycles. The van der Waals surface area contributed by atoms with E-state index >= 15 is 0 Å². The van der Waals surface area contributed by atoms with Crippen LogP contribution in [-0.4, -0.2) is 69.7 Å². The Morgan fingerprint density at radius 1 is 1.18 bits per heavy atom. The number of aliphatic hydroxyl groups excluding tert-OH is 3. The summed E-state index contributed by atoms with van der Waals surface area (Å²) in [5.74, 6) is -0.580. The average molecular weight is 307 g/mol. The normalized spacial score (nSPS) is 35.2. The lowest BCUT2D eigenvalue weighted by Crippen LogP contribution is -2.62. The SMILES string of the molecule is Cc1ccc(C(=O)OC2[C@H](O)C3C(O)CCN3C[C@@H]2O)cc1. The summed E-state index contributed by atoms with van der Waals surface area (Å²) in [5.41, 5.74) is 1.40. The number of aliphatic hydroxyl groups is 3. The smallest absolute Gasteiger partial charge is 0.338 e. The second-order valence-corrected chi connectivity index (χ2v) is 6.14. The largest absolute Gasteiger partial charge is 0.453 e. The van der Waals surface area contributed by atoms with Gasteiger partial charge in [-0.15, -0.1) is 0 Å². The Balaban J connectivity index is 1.73. The molecule has 2 aliphatic heterocycles. The lowest BCUT2D eigenvalue weighted by Gasteiger charge is -2.42. The third-order valence-corrected chi connectivity index (χ3v) is 4.55. The number of piperidine rings is 1. The van der Waals surface area contributed by atoms with Gasteiger partial charge in [-0.05, 0) is 25.5 Å². The third kappa shape index (κ3) is 2.75. The monoisotopic (exact) mass is 307 g/mol. The molecule has 1 aromatic carbocycles. The first-order valence-electron chi connectivity index (χ1n) is 7.53. The Bertz CT molecular complexity index is 546. The molecule has 2 fully saturated rings. The van der Waals surface area contributed by atoms with E-state index in [9.17, 15) is 20.1 Å². The fraction of sp³-hybridized carbons (Fsp3) is 0.562. The van der Waals surface area contributed by atoms with Crippen LogP contribution in [0.2, 0.25) is 0 Å². The van der Waals surface area contributed by atoms with E-state index in [1.165, 1.54) is 0 Å².